The number of sulfone groups is 1. The fourth-order valence-corrected chi connectivity index (χ4v) is 4.88. The highest BCUT2D eigenvalue weighted by Crippen LogP contribution is 2.22. The molecule has 1 aliphatic heterocycles. The second kappa shape index (κ2) is 6.93. The van der Waals surface area contributed by atoms with Gasteiger partial charge >= 0.3 is 0 Å². The highest BCUT2D eigenvalue weighted by Gasteiger charge is 2.34. The van der Waals surface area contributed by atoms with Crippen LogP contribution in [0.5, 0.6) is 0 Å². The largest absolute Gasteiger partial charge is 0.336 e. The van der Waals surface area contributed by atoms with Crippen LogP contribution in [0.15, 0.2) is 12.1 Å². The van der Waals surface area contributed by atoms with Gasteiger partial charge in [-0.2, -0.15) is 0 Å². The van der Waals surface area contributed by atoms with Crippen LogP contribution in [0, 0.1) is 26.7 Å². The molecule has 1 aromatic rings. The van der Waals surface area contributed by atoms with Crippen molar-refractivity contribution in [2.75, 3.05) is 30.4 Å². The summed E-state index contributed by atoms with van der Waals surface area (Å²) in [7, 11) is -1.58. The fourth-order valence-electron chi connectivity index (χ4n) is 3.15. The standard InChI is InChI=1S/C17H24N2O4S/c1-11-7-12(2)16(13(3)8-11)18-15(20)9-19(4)17(21)14-5-6-24(22,23)10-14/h7-8,14H,5-6,9-10H2,1-4H3,(H,18,20)/t14-/m0/s1. The van der Waals surface area contributed by atoms with Gasteiger partial charge in [-0.15, -0.1) is 0 Å². The number of hydrogen-bond acceptors (Lipinski definition) is 4. The van der Waals surface area contributed by atoms with Gasteiger partial charge in [0.15, 0.2) is 9.84 Å². The molecule has 0 aromatic heterocycles. The quantitative estimate of drug-likeness (QED) is 0.889. The van der Waals surface area contributed by atoms with Crippen LogP contribution in [-0.2, 0) is 19.4 Å². The minimum Gasteiger partial charge on any atom is -0.336 e. The van der Waals surface area contributed by atoms with E-state index in [-0.39, 0.29) is 29.9 Å². The van der Waals surface area contributed by atoms with Crippen LogP contribution >= 0.6 is 0 Å². The second-order valence-corrected chi connectivity index (χ2v) is 8.84. The van der Waals surface area contributed by atoms with Crippen LogP contribution in [-0.4, -0.2) is 50.2 Å². The molecule has 6 nitrogen and oxygen atoms in total. The molecular formula is C17H24N2O4S. The third-order valence-electron chi connectivity index (χ3n) is 4.28. The third kappa shape index (κ3) is 4.35. The molecule has 24 heavy (non-hydrogen) atoms. The van der Waals surface area contributed by atoms with Gasteiger partial charge in [0, 0.05) is 12.7 Å². The third-order valence-corrected chi connectivity index (χ3v) is 6.05. The van der Waals surface area contributed by atoms with Crippen molar-refractivity contribution in [1.82, 2.24) is 4.90 Å². The molecule has 0 spiro atoms. The lowest BCUT2D eigenvalue weighted by Gasteiger charge is -2.21. The number of nitrogens with one attached hydrogen (secondary N) is 1. The summed E-state index contributed by atoms with van der Waals surface area (Å²) in [4.78, 5) is 25.8. The molecule has 1 aromatic carbocycles. The Kier molecular flexibility index (Phi) is 5.32. The van der Waals surface area contributed by atoms with Gasteiger partial charge in [0.05, 0.1) is 24.0 Å². The lowest BCUT2D eigenvalue weighted by molar-refractivity contribution is -0.136. The molecule has 1 fully saturated rings. The van der Waals surface area contributed by atoms with Crippen LogP contribution in [0.3, 0.4) is 0 Å². The number of benzene rings is 1. The monoisotopic (exact) mass is 352 g/mol. The SMILES string of the molecule is Cc1cc(C)c(NC(=O)CN(C)C(=O)[C@H]2CCS(=O)(=O)C2)c(C)c1. The normalized spacial score (nSPS) is 19.1. The molecule has 0 unspecified atom stereocenters. The Bertz CT molecular complexity index is 748. The first-order valence-corrected chi connectivity index (χ1v) is 9.74. The molecular weight excluding hydrogens is 328 g/mol. The maximum Gasteiger partial charge on any atom is 0.243 e. The summed E-state index contributed by atoms with van der Waals surface area (Å²) in [5, 5.41) is 2.85. The van der Waals surface area contributed by atoms with Gasteiger partial charge in [0.25, 0.3) is 0 Å². The van der Waals surface area contributed by atoms with E-state index in [1.54, 1.807) is 0 Å². The summed E-state index contributed by atoms with van der Waals surface area (Å²) in [6.07, 6.45) is 0.337. The van der Waals surface area contributed by atoms with Crippen LogP contribution in [0.2, 0.25) is 0 Å². The Morgan fingerprint density at radius 3 is 2.29 bits per heavy atom. The zero-order valence-electron chi connectivity index (χ0n) is 14.5. The maximum atomic E-state index is 12.3. The second-order valence-electron chi connectivity index (χ2n) is 6.62. The molecule has 1 saturated heterocycles. The van der Waals surface area contributed by atoms with Crippen molar-refractivity contribution in [3.63, 3.8) is 0 Å². The van der Waals surface area contributed by atoms with Crippen molar-refractivity contribution in [1.29, 1.82) is 0 Å². The highest BCUT2D eigenvalue weighted by atomic mass is 32.2. The zero-order valence-corrected chi connectivity index (χ0v) is 15.4. The Morgan fingerprint density at radius 2 is 1.79 bits per heavy atom. The smallest absolute Gasteiger partial charge is 0.243 e. The predicted octanol–water partition coefficient (Wildman–Crippen LogP) is 1.44. The Labute approximate surface area is 143 Å². The Morgan fingerprint density at radius 1 is 1.21 bits per heavy atom. The predicted molar refractivity (Wildman–Crippen MR) is 93.7 cm³/mol. The van der Waals surface area contributed by atoms with E-state index in [0.717, 1.165) is 22.4 Å². The van der Waals surface area contributed by atoms with Crippen molar-refractivity contribution in [3.05, 3.63) is 28.8 Å². The Hall–Kier alpha value is -1.89. The Balaban J connectivity index is 1.98. The van der Waals surface area contributed by atoms with E-state index in [1.165, 1.54) is 11.9 Å². The lowest BCUT2D eigenvalue weighted by Crippen LogP contribution is -2.39. The van der Waals surface area contributed by atoms with Crippen molar-refractivity contribution < 1.29 is 18.0 Å². The van der Waals surface area contributed by atoms with E-state index in [2.05, 4.69) is 5.32 Å². The average Bonchev–Trinajstić information content (AvgIpc) is 2.82. The van der Waals surface area contributed by atoms with Crippen LogP contribution in [0.1, 0.15) is 23.1 Å². The van der Waals surface area contributed by atoms with E-state index >= 15 is 0 Å². The summed E-state index contributed by atoms with van der Waals surface area (Å²) in [5.41, 5.74) is 3.82. The number of carbonyl (C=O) groups is 2. The molecule has 1 heterocycles. The van der Waals surface area contributed by atoms with E-state index in [9.17, 15) is 18.0 Å². The molecule has 1 aliphatic rings. The summed E-state index contributed by atoms with van der Waals surface area (Å²) in [6, 6.07) is 3.97. The van der Waals surface area contributed by atoms with Gasteiger partial charge in [-0.25, -0.2) is 8.42 Å². The number of likely N-dealkylation sites (N-methyl/N-ethyl adjacent to an activating group) is 1. The van der Waals surface area contributed by atoms with Crippen LogP contribution in [0.25, 0.3) is 0 Å². The molecule has 2 rings (SSSR count). The number of nitrogens with zero attached hydrogens (tertiary/aromatic N) is 1. The van der Waals surface area contributed by atoms with Gasteiger partial charge in [-0.3, -0.25) is 9.59 Å². The van der Waals surface area contributed by atoms with Crippen molar-refractivity contribution in [2.24, 2.45) is 5.92 Å². The lowest BCUT2D eigenvalue weighted by atomic mass is 10.1. The zero-order chi connectivity index (χ0) is 18.1. The van der Waals surface area contributed by atoms with Gasteiger partial charge in [-0.1, -0.05) is 17.7 Å². The van der Waals surface area contributed by atoms with E-state index in [0.29, 0.717) is 6.42 Å². The molecule has 1 atom stereocenters. The minimum absolute atomic E-state index is 0.0468. The van der Waals surface area contributed by atoms with Crippen LogP contribution in [0.4, 0.5) is 5.69 Å². The van der Waals surface area contributed by atoms with Gasteiger partial charge in [0.1, 0.15) is 0 Å². The summed E-state index contributed by atoms with van der Waals surface area (Å²) >= 11 is 0. The molecule has 0 aliphatic carbocycles. The van der Waals surface area contributed by atoms with Gasteiger partial charge < -0.3 is 10.2 Å². The maximum absolute atomic E-state index is 12.3. The first-order valence-electron chi connectivity index (χ1n) is 7.92. The molecule has 0 bridgehead atoms. The first-order chi connectivity index (χ1) is 11.1. The molecule has 2 amide bonds. The van der Waals surface area contributed by atoms with Gasteiger partial charge in [0.2, 0.25) is 11.8 Å². The summed E-state index contributed by atoms with van der Waals surface area (Å²) in [5.74, 6) is -1.18. The number of aryl methyl sites for hydroxylation is 3. The molecule has 1 N–H and O–H groups in total. The number of carbonyl (C=O) groups excluding carboxylic acids is 2. The van der Waals surface area contributed by atoms with Gasteiger partial charge in [-0.05, 0) is 38.3 Å². The number of anilines is 1. The molecule has 132 valence electrons. The minimum atomic E-state index is -3.11. The average molecular weight is 352 g/mol. The molecule has 0 saturated carbocycles. The molecule has 7 heteroatoms. The van der Waals surface area contributed by atoms with E-state index in [1.807, 2.05) is 32.9 Å². The molecule has 0 radical (unpaired) electrons. The van der Waals surface area contributed by atoms with E-state index < -0.39 is 15.8 Å². The van der Waals surface area contributed by atoms with Crippen molar-refractivity contribution >= 4 is 27.3 Å². The number of hydrogen-bond donors (Lipinski definition) is 1. The van der Waals surface area contributed by atoms with Crippen molar-refractivity contribution in [2.45, 2.75) is 27.2 Å². The topological polar surface area (TPSA) is 83.6 Å². The highest BCUT2D eigenvalue weighted by molar-refractivity contribution is 7.91. The summed E-state index contributed by atoms with van der Waals surface area (Å²) in [6.45, 7) is 5.75. The summed E-state index contributed by atoms with van der Waals surface area (Å²) < 4.78 is 23.0. The number of amides is 2. The fraction of sp³-hybridized carbons (Fsp3) is 0.529. The number of rotatable bonds is 4. The van der Waals surface area contributed by atoms with E-state index in [4.69, 9.17) is 0 Å². The van der Waals surface area contributed by atoms with Crippen molar-refractivity contribution in [3.8, 4) is 0 Å². The van der Waals surface area contributed by atoms with Crippen LogP contribution < -0.4 is 5.32 Å². The first kappa shape index (κ1) is 18.4.